The average molecular weight is 264 g/mol. The number of nitrogen functional groups attached to an aromatic ring is 1. The second-order valence-corrected chi connectivity index (χ2v) is 5.68. The summed E-state index contributed by atoms with van der Waals surface area (Å²) in [6, 6.07) is 4.86. The summed E-state index contributed by atoms with van der Waals surface area (Å²) in [4.78, 5) is 25.5. The first-order chi connectivity index (χ1) is 8.54. The molecule has 0 aliphatic carbocycles. The van der Waals surface area contributed by atoms with Crippen LogP contribution in [0.1, 0.15) is 34.1 Å². The Bertz CT molecular complexity index is 502. The van der Waals surface area contributed by atoms with Crippen molar-refractivity contribution in [3.8, 4) is 0 Å². The van der Waals surface area contributed by atoms with Gasteiger partial charge in [0.05, 0.1) is 11.1 Å². The summed E-state index contributed by atoms with van der Waals surface area (Å²) in [7, 11) is 0. The maximum absolute atomic E-state index is 12.1. The Hall–Kier alpha value is -1.49. The lowest BCUT2D eigenvalue weighted by Gasteiger charge is -2.15. The Morgan fingerprint density at radius 3 is 2.61 bits per heavy atom. The zero-order chi connectivity index (χ0) is 13.3. The number of imide groups is 1. The summed E-state index contributed by atoms with van der Waals surface area (Å²) in [5.74, 6) is -0.432. The molecule has 0 saturated heterocycles. The number of carbonyl (C=O) groups is 2. The summed E-state index contributed by atoms with van der Waals surface area (Å²) >= 11 is 1.73. The smallest absolute Gasteiger partial charge is 0.261 e. The van der Waals surface area contributed by atoms with Crippen molar-refractivity contribution in [2.24, 2.45) is 0 Å². The molecular formula is C13H16N2O2S. The highest BCUT2D eigenvalue weighted by atomic mass is 32.2. The number of anilines is 1. The second kappa shape index (κ2) is 5.02. The zero-order valence-corrected chi connectivity index (χ0v) is 11.3. The zero-order valence-electron chi connectivity index (χ0n) is 10.5. The maximum atomic E-state index is 12.1. The van der Waals surface area contributed by atoms with Crippen molar-refractivity contribution in [2.45, 2.75) is 18.6 Å². The van der Waals surface area contributed by atoms with Crippen molar-refractivity contribution in [3.63, 3.8) is 0 Å². The molecule has 2 amide bonds. The number of nitrogens with zero attached hydrogens (tertiary/aromatic N) is 1. The van der Waals surface area contributed by atoms with Crippen LogP contribution >= 0.6 is 11.8 Å². The predicted octanol–water partition coefficient (Wildman–Crippen LogP) is 2.01. The van der Waals surface area contributed by atoms with Gasteiger partial charge in [-0.25, -0.2) is 0 Å². The van der Waals surface area contributed by atoms with E-state index in [0.717, 1.165) is 6.42 Å². The molecular weight excluding hydrogens is 248 g/mol. The molecule has 1 aromatic carbocycles. The number of carbonyl (C=O) groups excluding carboxylic acids is 2. The highest BCUT2D eigenvalue weighted by Crippen LogP contribution is 2.25. The fourth-order valence-electron chi connectivity index (χ4n) is 1.94. The SMILES string of the molecule is CSC(C)CCN1C(=O)c2ccc(N)cc2C1=O. The second-order valence-electron chi connectivity index (χ2n) is 4.40. The van der Waals surface area contributed by atoms with Gasteiger partial charge in [-0.15, -0.1) is 0 Å². The number of thioether (sulfide) groups is 1. The average Bonchev–Trinajstić information content (AvgIpc) is 2.59. The van der Waals surface area contributed by atoms with Crippen molar-refractivity contribution in [3.05, 3.63) is 29.3 Å². The van der Waals surface area contributed by atoms with E-state index in [1.165, 1.54) is 4.90 Å². The van der Waals surface area contributed by atoms with E-state index < -0.39 is 0 Å². The topological polar surface area (TPSA) is 63.4 Å². The lowest BCUT2D eigenvalue weighted by molar-refractivity contribution is 0.0653. The van der Waals surface area contributed by atoms with E-state index in [4.69, 9.17) is 5.73 Å². The van der Waals surface area contributed by atoms with Gasteiger partial charge in [-0.05, 0) is 30.9 Å². The number of fused-ring (bicyclic) bond motifs is 1. The van der Waals surface area contributed by atoms with E-state index >= 15 is 0 Å². The number of benzene rings is 1. The molecule has 96 valence electrons. The van der Waals surface area contributed by atoms with E-state index in [9.17, 15) is 9.59 Å². The van der Waals surface area contributed by atoms with Crippen molar-refractivity contribution in [2.75, 3.05) is 18.5 Å². The highest BCUT2D eigenvalue weighted by molar-refractivity contribution is 7.99. The van der Waals surface area contributed by atoms with Gasteiger partial charge in [-0.2, -0.15) is 11.8 Å². The van der Waals surface area contributed by atoms with Crippen LogP contribution in [0, 0.1) is 0 Å². The van der Waals surface area contributed by atoms with Gasteiger partial charge < -0.3 is 5.73 Å². The van der Waals surface area contributed by atoms with Gasteiger partial charge >= 0.3 is 0 Å². The molecule has 1 aromatic rings. The molecule has 0 bridgehead atoms. The number of hydrogen-bond donors (Lipinski definition) is 1. The molecule has 2 rings (SSSR count). The van der Waals surface area contributed by atoms with Crippen molar-refractivity contribution in [1.29, 1.82) is 0 Å². The Kier molecular flexibility index (Phi) is 3.61. The summed E-state index contributed by atoms with van der Waals surface area (Å²) in [6.07, 6.45) is 2.83. The standard InChI is InChI=1S/C13H16N2O2S/c1-8(18-2)5-6-15-12(16)10-4-3-9(14)7-11(10)13(15)17/h3-4,7-8H,5-6,14H2,1-2H3. The van der Waals surface area contributed by atoms with Crippen molar-refractivity contribution < 1.29 is 9.59 Å². The van der Waals surface area contributed by atoms with Crippen molar-refractivity contribution >= 4 is 29.3 Å². The van der Waals surface area contributed by atoms with Crippen LogP contribution < -0.4 is 5.73 Å². The normalized spacial score (nSPS) is 16.0. The molecule has 1 atom stereocenters. The van der Waals surface area contributed by atoms with Crippen LogP contribution in [0.5, 0.6) is 0 Å². The molecule has 1 unspecified atom stereocenters. The lowest BCUT2D eigenvalue weighted by atomic mass is 10.1. The van der Waals surface area contributed by atoms with Gasteiger partial charge in [0.1, 0.15) is 0 Å². The fourth-order valence-corrected chi connectivity index (χ4v) is 2.28. The number of rotatable bonds is 4. The molecule has 1 heterocycles. The highest BCUT2D eigenvalue weighted by Gasteiger charge is 2.35. The van der Waals surface area contributed by atoms with Gasteiger partial charge in [-0.3, -0.25) is 14.5 Å². The van der Waals surface area contributed by atoms with Crippen LogP contribution in [0.3, 0.4) is 0 Å². The fraction of sp³-hybridized carbons (Fsp3) is 0.385. The van der Waals surface area contributed by atoms with Crippen LogP contribution in [0.2, 0.25) is 0 Å². The minimum Gasteiger partial charge on any atom is -0.399 e. The van der Waals surface area contributed by atoms with Crippen LogP contribution in [-0.4, -0.2) is 34.8 Å². The Balaban J connectivity index is 2.18. The van der Waals surface area contributed by atoms with E-state index in [0.29, 0.717) is 28.6 Å². The third-order valence-corrected chi connectivity index (χ3v) is 4.20. The predicted molar refractivity (Wildman–Crippen MR) is 73.8 cm³/mol. The largest absolute Gasteiger partial charge is 0.399 e. The third kappa shape index (κ3) is 2.22. The Morgan fingerprint density at radius 2 is 1.94 bits per heavy atom. The molecule has 2 N–H and O–H groups in total. The molecule has 1 aliphatic rings. The number of amides is 2. The van der Waals surface area contributed by atoms with Crippen LogP contribution in [0.25, 0.3) is 0 Å². The third-order valence-electron chi connectivity index (χ3n) is 3.16. The molecule has 0 radical (unpaired) electrons. The first-order valence-corrected chi connectivity index (χ1v) is 7.12. The number of hydrogen-bond acceptors (Lipinski definition) is 4. The monoisotopic (exact) mass is 264 g/mol. The summed E-state index contributed by atoms with van der Waals surface area (Å²) in [5.41, 5.74) is 7.04. The first kappa shape index (κ1) is 13.0. The first-order valence-electron chi connectivity index (χ1n) is 5.83. The molecule has 18 heavy (non-hydrogen) atoms. The van der Waals surface area contributed by atoms with Crippen LogP contribution in [0.4, 0.5) is 5.69 Å². The van der Waals surface area contributed by atoms with Gasteiger partial charge in [-0.1, -0.05) is 6.92 Å². The van der Waals surface area contributed by atoms with E-state index in [1.54, 1.807) is 30.0 Å². The minimum absolute atomic E-state index is 0.205. The molecule has 0 fully saturated rings. The minimum atomic E-state index is -0.226. The molecule has 5 heteroatoms. The Labute approximate surface area is 111 Å². The van der Waals surface area contributed by atoms with E-state index in [1.807, 2.05) is 6.26 Å². The van der Waals surface area contributed by atoms with Crippen molar-refractivity contribution in [1.82, 2.24) is 4.90 Å². The van der Waals surface area contributed by atoms with Gasteiger partial charge in [0.15, 0.2) is 0 Å². The number of nitrogens with two attached hydrogens (primary N) is 1. The molecule has 1 aliphatic heterocycles. The molecule has 4 nitrogen and oxygen atoms in total. The summed E-state index contributed by atoms with van der Waals surface area (Å²) < 4.78 is 0. The van der Waals surface area contributed by atoms with Crippen LogP contribution in [0.15, 0.2) is 18.2 Å². The lowest BCUT2D eigenvalue weighted by Crippen LogP contribution is -2.31. The Morgan fingerprint density at radius 1 is 1.28 bits per heavy atom. The summed E-state index contributed by atoms with van der Waals surface area (Å²) in [6.45, 7) is 2.55. The molecule has 0 aromatic heterocycles. The summed E-state index contributed by atoms with van der Waals surface area (Å²) in [5, 5.41) is 0.430. The quantitative estimate of drug-likeness (QED) is 0.667. The van der Waals surface area contributed by atoms with Gasteiger partial charge in [0, 0.05) is 17.5 Å². The van der Waals surface area contributed by atoms with E-state index in [2.05, 4.69) is 6.92 Å². The molecule has 0 saturated carbocycles. The van der Waals surface area contributed by atoms with Crippen LogP contribution in [-0.2, 0) is 0 Å². The molecule has 0 spiro atoms. The maximum Gasteiger partial charge on any atom is 0.261 e. The van der Waals surface area contributed by atoms with Gasteiger partial charge in [0.2, 0.25) is 0 Å². The van der Waals surface area contributed by atoms with E-state index in [-0.39, 0.29) is 11.8 Å². The van der Waals surface area contributed by atoms with Gasteiger partial charge in [0.25, 0.3) is 11.8 Å².